The van der Waals surface area contributed by atoms with Crippen LogP contribution in [0, 0.1) is 0 Å². The van der Waals surface area contributed by atoms with E-state index < -0.39 is 22.0 Å². The van der Waals surface area contributed by atoms with Gasteiger partial charge in [0.2, 0.25) is 15.9 Å². The first kappa shape index (κ1) is 22.5. The van der Waals surface area contributed by atoms with Crippen LogP contribution in [-0.4, -0.2) is 40.3 Å². The fourth-order valence-corrected chi connectivity index (χ4v) is 4.28. The molecule has 2 aromatic carbocycles. The highest BCUT2D eigenvalue weighted by atomic mass is 32.2. The number of anilines is 1. The number of carbonyl (C=O) groups is 1. The minimum Gasteiger partial charge on any atom is -0.496 e. The lowest BCUT2D eigenvalue weighted by atomic mass is 10.1. The number of rotatable bonds is 9. The first-order valence-electron chi connectivity index (χ1n) is 9.34. The van der Waals surface area contributed by atoms with E-state index in [0.717, 1.165) is 16.1 Å². The minimum absolute atomic E-state index is 0.358. The van der Waals surface area contributed by atoms with Crippen molar-refractivity contribution in [2.24, 2.45) is 0 Å². The highest BCUT2D eigenvalue weighted by Gasteiger charge is 2.30. The molecule has 7 nitrogen and oxygen atoms in total. The van der Waals surface area contributed by atoms with Crippen LogP contribution >= 0.6 is 0 Å². The molecule has 0 spiro atoms. The molecule has 8 heteroatoms. The lowest BCUT2D eigenvalue weighted by molar-refractivity contribution is -0.122. The second kappa shape index (κ2) is 9.65. The van der Waals surface area contributed by atoms with E-state index >= 15 is 0 Å². The third kappa shape index (κ3) is 5.63. The Hall–Kier alpha value is -2.74. The summed E-state index contributed by atoms with van der Waals surface area (Å²) < 4.78 is 36.7. The summed E-state index contributed by atoms with van der Waals surface area (Å²) in [5.41, 5.74) is 1.20. The molecule has 1 amide bonds. The second-order valence-corrected chi connectivity index (χ2v) is 8.49. The number of methoxy groups -OCH3 is 1. The molecule has 29 heavy (non-hydrogen) atoms. The number of ether oxygens (including phenoxy) is 2. The number of nitrogens with one attached hydrogen (secondary N) is 1. The van der Waals surface area contributed by atoms with Crippen LogP contribution in [0.5, 0.6) is 11.5 Å². The third-order valence-electron chi connectivity index (χ3n) is 4.45. The standard InChI is InChI=1S/C21H28N2O5S/c1-6-28-18-13-11-17(12-14-18)23(29(5,25)26)16(3)21(24)22-15(2)19-9-7-8-10-20(19)27-4/h7-16H,6H2,1-5H3,(H,22,24). The van der Waals surface area contributed by atoms with E-state index in [1.54, 1.807) is 38.3 Å². The number of hydrogen-bond donors (Lipinski definition) is 1. The molecule has 0 bridgehead atoms. The molecule has 0 fully saturated rings. The lowest BCUT2D eigenvalue weighted by Gasteiger charge is -2.29. The van der Waals surface area contributed by atoms with Crippen LogP contribution in [0.25, 0.3) is 0 Å². The van der Waals surface area contributed by atoms with Crippen molar-refractivity contribution in [1.29, 1.82) is 0 Å². The molecule has 0 radical (unpaired) electrons. The van der Waals surface area contributed by atoms with Gasteiger partial charge in [0, 0.05) is 5.56 Å². The van der Waals surface area contributed by atoms with Crippen LogP contribution in [0.3, 0.4) is 0 Å². The van der Waals surface area contributed by atoms with Gasteiger partial charge in [-0.15, -0.1) is 0 Å². The Morgan fingerprint density at radius 1 is 1.10 bits per heavy atom. The van der Waals surface area contributed by atoms with Crippen molar-refractivity contribution >= 4 is 21.6 Å². The summed E-state index contributed by atoms with van der Waals surface area (Å²) in [6, 6.07) is 12.7. The zero-order valence-corrected chi connectivity index (χ0v) is 18.2. The summed E-state index contributed by atoms with van der Waals surface area (Å²) in [4.78, 5) is 12.9. The number of amides is 1. The minimum atomic E-state index is -3.69. The Labute approximate surface area is 172 Å². The van der Waals surface area contributed by atoms with E-state index in [9.17, 15) is 13.2 Å². The Kier molecular flexibility index (Phi) is 7.50. The van der Waals surface area contributed by atoms with Crippen LogP contribution in [0.2, 0.25) is 0 Å². The number of para-hydroxylation sites is 1. The zero-order chi connectivity index (χ0) is 21.6. The molecule has 0 saturated carbocycles. The molecule has 2 aromatic rings. The SMILES string of the molecule is CCOc1ccc(N(C(C)C(=O)NC(C)c2ccccc2OC)S(C)(=O)=O)cc1. The van der Waals surface area contributed by atoms with E-state index in [2.05, 4.69) is 5.32 Å². The molecule has 0 heterocycles. The molecule has 2 unspecified atom stereocenters. The molecule has 2 atom stereocenters. The third-order valence-corrected chi connectivity index (χ3v) is 5.70. The maximum absolute atomic E-state index is 12.9. The van der Waals surface area contributed by atoms with Crippen molar-refractivity contribution in [3.05, 3.63) is 54.1 Å². The quantitative estimate of drug-likeness (QED) is 0.674. The molecular formula is C21H28N2O5S. The summed E-state index contributed by atoms with van der Waals surface area (Å²) in [5, 5.41) is 2.87. The van der Waals surface area contributed by atoms with Gasteiger partial charge in [0.1, 0.15) is 17.5 Å². The molecule has 0 saturated heterocycles. The van der Waals surface area contributed by atoms with Crippen LogP contribution in [0.15, 0.2) is 48.5 Å². The number of benzene rings is 2. The van der Waals surface area contributed by atoms with Crippen LogP contribution < -0.4 is 19.1 Å². The Morgan fingerprint density at radius 3 is 2.28 bits per heavy atom. The molecule has 0 aliphatic heterocycles. The number of carbonyl (C=O) groups excluding carboxylic acids is 1. The number of nitrogens with zero attached hydrogens (tertiary/aromatic N) is 1. The largest absolute Gasteiger partial charge is 0.496 e. The van der Waals surface area contributed by atoms with Gasteiger partial charge in [-0.05, 0) is 51.1 Å². The van der Waals surface area contributed by atoms with Gasteiger partial charge in [0.25, 0.3) is 0 Å². The maximum Gasteiger partial charge on any atom is 0.244 e. The van der Waals surface area contributed by atoms with Gasteiger partial charge in [-0.3, -0.25) is 9.10 Å². The monoisotopic (exact) mass is 420 g/mol. The first-order valence-corrected chi connectivity index (χ1v) is 11.2. The van der Waals surface area contributed by atoms with E-state index in [4.69, 9.17) is 9.47 Å². The van der Waals surface area contributed by atoms with Gasteiger partial charge in [0.15, 0.2) is 0 Å². The van der Waals surface area contributed by atoms with Crippen molar-refractivity contribution < 1.29 is 22.7 Å². The lowest BCUT2D eigenvalue weighted by Crippen LogP contribution is -2.48. The van der Waals surface area contributed by atoms with Crippen LogP contribution in [0.1, 0.15) is 32.4 Å². The molecular weight excluding hydrogens is 392 g/mol. The van der Waals surface area contributed by atoms with Crippen molar-refractivity contribution in [2.75, 3.05) is 24.3 Å². The summed E-state index contributed by atoms with van der Waals surface area (Å²) in [6.07, 6.45) is 1.08. The van der Waals surface area contributed by atoms with E-state index in [0.29, 0.717) is 23.8 Å². The molecule has 0 aromatic heterocycles. The highest BCUT2D eigenvalue weighted by molar-refractivity contribution is 7.92. The van der Waals surface area contributed by atoms with Gasteiger partial charge in [-0.1, -0.05) is 18.2 Å². The average molecular weight is 421 g/mol. The fraction of sp³-hybridized carbons (Fsp3) is 0.381. The van der Waals surface area contributed by atoms with Crippen LogP contribution in [-0.2, 0) is 14.8 Å². The summed E-state index contributed by atoms with van der Waals surface area (Å²) in [7, 11) is -2.13. The molecule has 0 aliphatic carbocycles. The smallest absolute Gasteiger partial charge is 0.244 e. The average Bonchev–Trinajstić information content (AvgIpc) is 2.68. The normalized spacial score (nSPS) is 13.3. The van der Waals surface area contributed by atoms with Crippen molar-refractivity contribution in [2.45, 2.75) is 32.9 Å². The Bertz CT molecular complexity index is 928. The van der Waals surface area contributed by atoms with Gasteiger partial charge in [0.05, 0.1) is 31.7 Å². The van der Waals surface area contributed by atoms with Crippen molar-refractivity contribution in [1.82, 2.24) is 5.32 Å². The van der Waals surface area contributed by atoms with Gasteiger partial charge in [-0.25, -0.2) is 8.42 Å². The molecule has 1 N–H and O–H groups in total. The Balaban J connectivity index is 2.24. The van der Waals surface area contributed by atoms with Crippen LogP contribution in [0.4, 0.5) is 5.69 Å². The summed E-state index contributed by atoms with van der Waals surface area (Å²) in [5.74, 6) is 0.869. The summed E-state index contributed by atoms with van der Waals surface area (Å²) in [6.45, 7) is 5.76. The predicted octanol–water partition coefficient (Wildman–Crippen LogP) is 3.13. The Morgan fingerprint density at radius 2 is 1.72 bits per heavy atom. The van der Waals surface area contributed by atoms with E-state index in [1.807, 2.05) is 38.1 Å². The van der Waals surface area contributed by atoms with Crippen molar-refractivity contribution in [3.8, 4) is 11.5 Å². The van der Waals surface area contributed by atoms with E-state index in [1.165, 1.54) is 0 Å². The number of hydrogen-bond acceptors (Lipinski definition) is 5. The number of sulfonamides is 1. The zero-order valence-electron chi connectivity index (χ0n) is 17.4. The topological polar surface area (TPSA) is 84.9 Å². The molecule has 2 rings (SSSR count). The van der Waals surface area contributed by atoms with Crippen molar-refractivity contribution in [3.63, 3.8) is 0 Å². The second-order valence-electron chi connectivity index (χ2n) is 6.63. The predicted molar refractivity (Wildman–Crippen MR) is 114 cm³/mol. The maximum atomic E-state index is 12.9. The molecule has 158 valence electrons. The van der Waals surface area contributed by atoms with Gasteiger partial charge < -0.3 is 14.8 Å². The van der Waals surface area contributed by atoms with Gasteiger partial charge >= 0.3 is 0 Å². The van der Waals surface area contributed by atoms with Gasteiger partial charge in [-0.2, -0.15) is 0 Å². The highest BCUT2D eigenvalue weighted by Crippen LogP contribution is 2.26. The van der Waals surface area contributed by atoms with E-state index in [-0.39, 0.29) is 6.04 Å². The summed E-state index contributed by atoms with van der Waals surface area (Å²) >= 11 is 0. The molecule has 0 aliphatic rings. The fourth-order valence-electron chi connectivity index (χ4n) is 3.10. The first-order chi connectivity index (χ1) is 13.7.